The molecule has 2 rings (SSSR count). The van der Waals surface area contributed by atoms with Gasteiger partial charge in [0.1, 0.15) is 5.01 Å². The summed E-state index contributed by atoms with van der Waals surface area (Å²) in [5, 5.41) is 7.45. The van der Waals surface area contributed by atoms with E-state index >= 15 is 0 Å². The average molecular weight is 244 g/mol. The lowest BCUT2D eigenvalue weighted by Gasteiger charge is -1.91. The third kappa shape index (κ3) is 2.35. The van der Waals surface area contributed by atoms with Crippen LogP contribution in [-0.4, -0.2) is 10.9 Å². The first-order valence-electron chi connectivity index (χ1n) is 4.43. The summed E-state index contributed by atoms with van der Waals surface area (Å²) < 4.78 is 0. The second-order valence-corrected chi connectivity index (χ2v) is 4.96. The van der Waals surface area contributed by atoms with Gasteiger partial charge in [-0.3, -0.25) is 0 Å². The summed E-state index contributed by atoms with van der Waals surface area (Å²) in [6.07, 6.45) is 2.00. The van der Waals surface area contributed by atoms with Crippen molar-refractivity contribution in [3.8, 4) is 10.6 Å². The molecule has 2 heterocycles. The number of alkyl halides is 1. The summed E-state index contributed by atoms with van der Waals surface area (Å²) in [5.74, 6) is 0.714. The molecule has 0 saturated carbocycles. The first-order chi connectivity index (χ1) is 6.90. The zero-order valence-electron chi connectivity index (χ0n) is 7.57. The minimum absolute atomic E-state index is 0.714. The Morgan fingerprint density at radius 3 is 3.00 bits per heavy atom. The number of thiophene rings is 1. The summed E-state index contributed by atoms with van der Waals surface area (Å²) in [5.41, 5.74) is 2.40. The SMILES string of the molecule is ClCCCc1csc(-c2ccsc2)n1. The van der Waals surface area contributed by atoms with E-state index in [1.54, 1.807) is 22.7 Å². The van der Waals surface area contributed by atoms with Crippen LogP contribution in [0.15, 0.2) is 22.2 Å². The Kier molecular flexibility index (Phi) is 3.56. The highest BCUT2D eigenvalue weighted by molar-refractivity contribution is 7.14. The Morgan fingerprint density at radius 1 is 1.36 bits per heavy atom. The number of aromatic nitrogens is 1. The van der Waals surface area contributed by atoms with E-state index < -0.39 is 0 Å². The minimum atomic E-state index is 0.714. The summed E-state index contributed by atoms with van der Waals surface area (Å²) in [6.45, 7) is 0. The third-order valence-electron chi connectivity index (χ3n) is 1.89. The molecule has 0 fully saturated rings. The van der Waals surface area contributed by atoms with Crippen LogP contribution in [0.1, 0.15) is 12.1 Å². The summed E-state index contributed by atoms with van der Waals surface area (Å²) in [7, 11) is 0. The van der Waals surface area contributed by atoms with Crippen molar-refractivity contribution in [3.63, 3.8) is 0 Å². The second-order valence-electron chi connectivity index (χ2n) is 2.95. The number of hydrogen-bond acceptors (Lipinski definition) is 3. The molecule has 0 aliphatic rings. The molecule has 0 N–H and O–H groups in total. The van der Waals surface area contributed by atoms with Gasteiger partial charge in [-0.15, -0.1) is 22.9 Å². The Labute approximate surface area is 96.4 Å². The second kappa shape index (κ2) is 4.91. The molecule has 14 heavy (non-hydrogen) atoms. The molecule has 0 atom stereocenters. The Bertz CT molecular complexity index is 380. The molecule has 0 bridgehead atoms. The van der Waals surface area contributed by atoms with Crippen LogP contribution in [0, 0.1) is 0 Å². The average Bonchev–Trinajstić information content (AvgIpc) is 2.85. The van der Waals surface area contributed by atoms with Crippen LogP contribution in [-0.2, 0) is 6.42 Å². The molecular weight excluding hydrogens is 234 g/mol. The van der Waals surface area contributed by atoms with Gasteiger partial charge < -0.3 is 0 Å². The predicted molar refractivity (Wildman–Crippen MR) is 64.5 cm³/mol. The standard InChI is InChI=1S/C10H10ClNS2/c11-4-1-2-9-7-14-10(12-9)8-3-5-13-6-8/h3,5-7H,1-2,4H2. The molecular formula is C10H10ClNS2. The molecule has 0 radical (unpaired) electrons. The minimum Gasteiger partial charge on any atom is -0.241 e. The molecule has 2 aromatic rings. The maximum Gasteiger partial charge on any atom is 0.124 e. The zero-order chi connectivity index (χ0) is 9.80. The monoisotopic (exact) mass is 243 g/mol. The van der Waals surface area contributed by atoms with Crippen molar-refractivity contribution >= 4 is 34.3 Å². The van der Waals surface area contributed by atoms with Gasteiger partial charge in [-0.2, -0.15) is 11.3 Å². The number of thiazole rings is 1. The Hall–Kier alpha value is -0.380. The van der Waals surface area contributed by atoms with E-state index in [9.17, 15) is 0 Å². The number of aryl methyl sites for hydroxylation is 1. The zero-order valence-corrected chi connectivity index (χ0v) is 9.96. The summed E-state index contributed by atoms with van der Waals surface area (Å²) in [4.78, 5) is 4.56. The molecule has 0 spiro atoms. The topological polar surface area (TPSA) is 12.9 Å². The Morgan fingerprint density at radius 2 is 2.29 bits per heavy atom. The molecule has 0 unspecified atom stereocenters. The first-order valence-corrected chi connectivity index (χ1v) is 6.79. The van der Waals surface area contributed by atoms with Gasteiger partial charge in [-0.05, 0) is 24.3 Å². The maximum atomic E-state index is 5.64. The molecule has 4 heteroatoms. The number of rotatable bonds is 4. The van der Waals surface area contributed by atoms with Gasteiger partial charge >= 0.3 is 0 Å². The van der Waals surface area contributed by atoms with Gasteiger partial charge in [-0.1, -0.05) is 0 Å². The predicted octanol–water partition coefficient (Wildman–Crippen LogP) is 4.04. The molecule has 2 aromatic heterocycles. The molecule has 0 aromatic carbocycles. The van der Waals surface area contributed by atoms with Crippen LogP contribution in [0.5, 0.6) is 0 Å². The van der Waals surface area contributed by atoms with Crippen molar-refractivity contribution in [2.75, 3.05) is 5.88 Å². The van der Waals surface area contributed by atoms with E-state index in [0.717, 1.165) is 23.5 Å². The number of nitrogens with zero attached hydrogens (tertiary/aromatic N) is 1. The van der Waals surface area contributed by atoms with Gasteiger partial charge in [0.15, 0.2) is 0 Å². The number of hydrogen-bond donors (Lipinski definition) is 0. The van der Waals surface area contributed by atoms with Crippen molar-refractivity contribution in [3.05, 3.63) is 27.9 Å². The van der Waals surface area contributed by atoms with E-state index in [0.29, 0.717) is 5.88 Å². The summed E-state index contributed by atoms with van der Waals surface area (Å²) >= 11 is 9.05. The maximum absolute atomic E-state index is 5.64. The molecule has 1 nitrogen and oxygen atoms in total. The largest absolute Gasteiger partial charge is 0.241 e. The Balaban J connectivity index is 2.10. The fraction of sp³-hybridized carbons (Fsp3) is 0.300. The van der Waals surface area contributed by atoms with E-state index in [1.165, 1.54) is 5.56 Å². The quantitative estimate of drug-likeness (QED) is 0.739. The lowest BCUT2D eigenvalue weighted by Crippen LogP contribution is -1.85. The van der Waals surface area contributed by atoms with Gasteiger partial charge in [-0.25, -0.2) is 4.98 Å². The van der Waals surface area contributed by atoms with Gasteiger partial charge in [0.25, 0.3) is 0 Å². The smallest absolute Gasteiger partial charge is 0.124 e. The van der Waals surface area contributed by atoms with Crippen molar-refractivity contribution in [1.29, 1.82) is 0 Å². The van der Waals surface area contributed by atoms with E-state index in [-0.39, 0.29) is 0 Å². The van der Waals surface area contributed by atoms with Crippen molar-refractivity contribution < 1.29 is 0 Å². The highest BCUT2D eigenvalue weighted by Crippen LogP contribution is 2.25. The lowest BCUT2D eigenvalue weighted by molar-refractivity contribution is 0.900. The van der Waals surface area contributed by atoms with Gasteiger partial charge in [0, 0.05) is 22.2 Å². The highest BCUT2D eigenvalue weighted by Gasteiger charge is 2.04. The van der Waals surface area contributed by atoms with Gasteiger partial charge in [0.05, 0.1) is 5.69 Å². The fourth-order valence-corrected chi connectivity index (χ4v) is 2.89. The fourth-order valence-electron chi connectivity index (χ4n) is 1.19. The summed E-state index contributed by atoms with van der Waals surface area (Å²) in [6, 6.07) is 2.11. The number of halogens is 1. The lowest BCUT2D eigenvalue weighted by atomic mass is 10.3. The van der Waals surface area contributed by atoms with Crippen LogP contribution < -0.4 is 0 Å². The van der Waals surface area contributed by atoms with Crippen LogP contribution in [0.4, 0.5) is 0 Å². The third-order valence-corrected chi connectivity index (χ3v) is 3.78. The van der Waals surface area contributed by atoms with Crippen molar-refractivity contribution in [1.82, 2.24) is 4.98 Å². The van der Waals surface area contributed by atoms with Crippen LogP contribution in [0.3, 0.4) is 0 Å². The van der Waals surface area contributed by atoms with Crippen molar-refractivity contribution in [2.24, 2.45) is 0 Å². The van der Waals surface area contributed by atoms with E-state index in [1.807, 2.05) is 0 Å². The molecule has 0 amide bonds. The highest BCUT2D eigenvalue weighted by atomic mass is 35.5. The van der Waals surface area contributed by atoms with Crippen LogP contribution in [0.2, 0.25) is 0 Å². The van der Waals surface area contributed by atoms with E-state index in [4.69, 9.17) is 11.6 Å². The molecule has 74 valence electrons. The first kappa shape index (κ1) is 10.1. The molecule has 0 aliphatic carbocycles. The van der Waals surface area contributed by atoms with Crippen LogP contribution >= 0.6 is 34.3 Å². The normalized spacial score (nSPS) is 10.6. The van der Waals surface area contributed by atoms with Gasteiger partial charge in [0.2, 0.25) is 0 Å². The van der Waals surface area contributed by atoms with Crippen molar-refractivity contribution in [2.45, 2.75) is 12.8 Å². The molecule has 0 aliphatic heterocycles. The molecule has 0 saturated heterocycles. The van der Waals surface area contributed by atoms with Crippen LogP contribution in [0.25, 0.3) is 10.6 Å². The van der Waals surface area contributed by atoms with E-state index in [2.05, 4.69) is 27.2 Å².